The van der Waals surface area contributed by atoms with Crippen LogP contribution in [0.15, 0.2) is 0 Å². The average molecular weight is 425 g/mol. The normalized spacial score (nSPS) is 23.9. The van der Waals surface area contributed by atoms with E-state index in [0.717, 1.165) is 24.9 Å². The van der Waals surface area contributed by atoms with Gasteiger partial charge in [-0.1, -0.05) is 39.0 Å². The first-order valence-corrected chi connectivity index (χ1v) is 16.4. The van der Waals surface area contributed by atoms with Crippen molar-refractivity contribution in [1.29, 1.82) is 0 Å². The van der Waals surface area contributed by atoms with E-state index in [1.807, 2.05) is 0 Å². The Bertz CT molecular complexity index is 415. The van der Waals surface area contributed by atoms with E-state index in [0.29, 0.717) is 6.61 Å². The minimum atomic E-state index is -3.39. The maximum absolute atomic E-state index is 12.7. The summed E-state index contributed by atoms with van der Waals surface area (Å²) in [6.45, 7) is 9.57. The van der Waals surface area contributed by atoms with Crippen molar-refractivity contribution in [3.63, 3.8) is 0 Å². The second-order valence-corrected chi connectivity index (χ2v) is 16.8. The number of phosphoric ester groups is 1. The van der Waals surface area contributed by atoms with Gasteiger partial charge in [-0.25, -0.2) is 0 Å². The van der Waals surface area contributed by atoms with E-state index in [9.17, 15) is 4.57 Å². The van der Waals surface area contributed by atoms with Gasteiger partial charge in [-0.05, 0) is 0 Å². The summed E-state index contributed by atoms with van der Waals surface area (Å²) in [6.07, 6.45) is 16.3. The summed E-state index contributed by atoms with van der Waals surface area (Å²) < 4.78 is 29.2. The number of hydrogen-bond acceptors (Lipinski definition) is 4. The minimum absolute atomic E-state index is 0.0213. The first kappa shape index (κ1) is 25.6. The molecule has 1 fully saturated rings. The third-order valence-corrected chi connectivity index (χ3v) is 8.82. The Morgan fingerprint density at radius 3 is 2.07 bits per heavy atom. The summed E-state index contributed by atoms with van der Waals surface area (Å²) in [7, 11) is -3.17. The van der Waals surface area contributed by atoms with Gasteiger partial charge < -0.3 is 0 Å². The Kier molecular flexibility index (Phi) is 13.0. The van der Waals surface area contributed by atoms with Crippen LogP contribution in [-0.2, 0) is 18.1 Å². The Balaban J connectivity index is 2.18. The molecule has 1 saturated carbocycles. The van der Waals surface area contributed by atoms with Gasteiger partial charge in [-0.15, -0.1) is 0 Å². The van der Waals surface area contributed by atoms with Crippen molar-refractivity contribution < 1.29 is 18.1 Å². The molecule has 0 N–H and O–H groups in total. The Labute approximate surface area is 169 Å². The molecule has 6 heteroatoms. The fraction of sp³-hybridized carbons (Fsp3) is 1.00. The van der Waals surface area contributed by atoms with Crippen molar-refractivity contribution in [1.82, 2.24) is 0 Å². The second kappa shape index (κ2) is 13.7. The zero-order valence-electron chi connectivity index (χ0n) is 18.6. The molecule has 164 valence electrons. The second-order valence-electron chi connectivity index (χ2n) is 9.43. The zero-order chi connectivity index (χ0) is 20.2. The summed E-state index contributed by atoms with van der Waals surface area (Å²) in [6, 6.07) is 0. The Morgan fingerprint density at radius 1 is 0.926 bits per heavy atom. The van der Waals surface area contributed by atoms with Crippen LogP contribution >= 0.6 is 15.1 Å². The third kappa shape index (κ3) is 12.7. The van der Waals surface area contributed by atoms with Crippen molar-refractivity contribution in [2.75, 3.05) is 39.9 Å². The van der Waals surface area contributed by atoms with Crippen molar-refractivity contribution in [2.24, 2.45) is 5.92 Å². The van der Waals surface area contributed by atoms with E-state index in [4.69, 9.17) is 13.6 Å². The summed E-state index contributed by atoms with van der Waals surface area (Å²) in [5, 5.41) is 0. The molecule has 1 unspecified atom stereocenters. The average Bonchev–Trinajstić information content (AvgIpc) is 2.61. The van der Waals surface area contributed by atoms with E-state index in [1.54, 1.807) is 0 Å². The predicted octanol–water partition coefficient (Wildman–Crippen LogP) is 7.11. The van der Waals surface area contributed by atoms with Crippen LogP contribution in [0.4, 0.5) is 0 Å². The molecule has 0 radical (unpaired) electrons. The van der Waals surface area contributed by atoms with E-state index in [-0.39, 0.29) is 6.10 Å². The van der Waals surface area contributed by atoms with E-state index < -0.39 is 15.1 Å². The molecule has 1 rings (SSSR count). The summed E-state index contributed by atoms with van der Waals surface area (Å²) >= 11 is 0. The molecule has 0 spiro atoms. The van der Waals surface area contributed by atoms with Crippen LogP contribution in [-0.4, -0.2) is 46.0 Å². The Hall–Kier alpha value is 0.540. The molecule has 0 bridgehead atoms. The van der Waals surface area contributed by atoms with Gasteiger partial charge in [-0.3, -0.25) is 0 Å². The molecule has 1 atom stereocenters. The first-order valence-electron chi connectivity index (χ1n) is 11.3. The van der Waals surface area contributed by atoms with Crippen LogP contribution in [0.5, 0.6) is 0 Å². The summed E-state index contributed by atoms with van der Waals surface area (Å²) in [5.74, 6) is 0.815. The van der Waals surface area contributed by atoms with Crippen LogP contribution in [0, 0.1) is 5.92 Å². The van der Waals surface area contributed by atoms with E-state index in [1.165, 1.54) is 71.3 Å². The topological polar surface area (TPSA) is 44.8 Å². The van der Waals surface area contributed by atoms with Crippen LogP contribution in [0.25, 0.3) is 0 Å². The van der Waals surface area contributed by atoms with Gasteiger partial charge in [0.25, 0.3) is 0 Å². The maximum atomic E-state index is 12.7. The molecule has 0 heterocycles. The SMILES string of the molecule is CCCCCCCCC[C@H]1CC[C@@H](OP(=O)(OC)OCC[PH](C)(C)C)CC1. The van der Waals surface area contributed by atoms with Crippen molar-refractivity contribution in [3.8, 4) is 0 Å². The van der Waals surface area contributed by atoms with Crippen LogP contribution in [0.3, 0.4) is 0 Å². The van der Waals surface area contributed by atoms with Gasteiger partial charge in [0.1, 0.15) is 0 Å². The quantitative estimate of drug-likeness (QED) is 0.207. The molecule has 1 aliphatic carbocycles. The predicted molar refractivity (Wildman–Crippen MR) is 121 cm³/mol. The molecular weight excluding hydrogens is 378 g/mol. The molecule has 0 aromatic carbocycles. The van der Waals surface area contributed by atoms with Crippen LogP contribution < -0.4 is 0 Å². The monoisotopic (exact) mass is 424 g/mol. The summed E-state index contributed by atoms with van der Waals surface area (Å²) in [5.41, 5.74) is 0. The van der Waals surface area contributed by atoms with Crippen molar-refractivity contribution in [2.45, 2.75) is 90.1 Å². The van der Waals surface area contributed by atoms with Gasteiger partial charge in [0.15, 0.2) is 0 Å². The Morgan fingerprint density at radius 2 is 1.52 bits per heavy atom. The number of phosphoric acid groups is 1. The molecule has 0 aliphatic heterocycles. The molecule has 27 heavy (non-hydrogen) atoms. The van der Waals surface area contributed by atoms with Crippen LogP contribution in [0.1, 0.15) is 84.0 Å². The van der Waals surface area contributed by atoms with Gasteiger partial charge in [0.2, 0.25) is 0 Å². The van der Waals surface area contributed by atoms with Crippen LogP contribution in [0.2, 0.25) is 0 Å². The molecular formula is C21H46O4P2. The molecule has 0 aromatic heterocycles. The molecule has 4 nitrogen and oxygen atoms in total. The fourth-order valence-electron chi connectivity index (χ4n) is 3.69. The molecule has 0 amide bonds. The number of unbranched alkanes of at least 4 members (excludes halogenated alkanes) is 6. The number of rotatable bonds is 15. The van der Waals surface area contributed by atoms with E-state index in [2.05, 4.69) is 26.9 Å². The zero-order valence-corrected chi connectivity index (χ0v) is 20.5. The van der Waals surface area contributed by atoms with Gasteiger partial charge >= 0.3 is 130 Å². The van der Waals surface area contributed by atoms with Gasteiger partial charge in [0, 0.05) is 0 Å². The molecule has 0 saturated heterocycles. The fourth-order valence-corrected chi connectivity index (χ4v) is 5.72. The summed E-state index contributed by atoms with van der Waals surface area (Å²) in [4.78, 5) is 0. The van der Waals surface area contributed by atoms with Gasteiger partial charge in [0.05, 0.1) is 0 Å². The number of hydrogen-bond donors (Lipinski definition) is 0. The first-order chi connectivity index (χ1) is 12.8. The van der Waals surface area contributed by atoms with Gasteiger partial charge in [-0.2, -0.15) is 0 Å². The molecule has 1 aliphatic rings. The third-order valence-electron chi connectivity index (χ3n) is 5.61. The van der Waals surface area contributed by atoms with Crippen molar-refractivity contribution >= 4 is 15.1 Å². The molecule has 0 aromatic rings. The van der Waals surface area contributed by atoms with Crippen molar-refractivity contribution in [3.05, 3.63) is 0 Å². The standard InChI is InChI=1S/C21H46O4P2/c1-6-7-8-9-10-11-12-13-20-14-16-21(17-15-20)25-27(22,23-2)24-18-19-26(3,4)5/h20-21,26H,6-19H2,1-5H3/t20-,21+,27?. The van der Waals surface area contributed by atoms with E-state index >= 15 is 0 Å².